The van der Waals surface area contributed by atoms with Gasteiger partial charge < -0.3 is 10.8 Å². The lowest BCUT2D eigenvalue weighted by Crippen LogP contribution is -2.10. The van der Waals surface area contributed by atoms with Crippen molar-refractivity contribution < 1.29 is 23.5 Å². The van der Waals surface area contributed by atoms with Gasteiger partial charge in [0.05, 0.1) is 12.1 Å². The summed E-state index contributed by atoms with van der Waals surface area (Å²) in [6.45, 7) is -0.278. The minimum Gasteiger partial charge on any atom is -0.480 e. The highest BCUT2D eigenvalue weighted by Gasteiger charge is 2.04. The second-order valence-corrected chi connectivity index (χ2v) is 2.36. The summed E-state index contributed by atoms with van der Waals surface area (Å²) in [5.41, 5.74) is 4.32. The molecule has 1 rings (SSSR count). The molecule has 0 saturated carbocycles. The van der Waals surface area contributed by atoms with Crippen molar-refractivity contribution >= 4 is 12.3 Å². The zero-order valence-corrected chi connectivity index (χ0v) is 7.61. The number of carbonyl (C=O) groups excluding carboxylic acids is 1. The molecule has 0 aliphatic rings. The summed E-state index contributed by atoms with van der Waals surface area (Å²) in [4.78, 5) is 19.2. The quantitative estimate of drug-likeness (QED) is 0.718. The van der Waals surface area contributed by atoms with Crippen molar-refractivity contribution in [2.24, 2.45) is 5.73 Å². The van der Waals surface area contributed by atoms with Crippen molar-refractivity contribution in [3.8, 4) is 0 Å². The fourth-order valence-corrected chi connectivity index (χ4v) is 0.611. The second kappa shape index (κ2) is 6.61. The Labute approximate surface area is 84.3 Å². The molecule has 0 radical (unpaired) electrons. The molecule has 1 aromatic carbocycles. The number of hydrogen-bond acceptors (Lipinski definition) is 3. The first-order valence-electron chi connectivity index (χ1n) is 3.84. The van der Waals surface area contributed by atoms with Crippen molar-refractivity contribution in [2.45, 2.75) is 0 Å². The molecule has 1 aromatic rings. The molecule has 0 aliphatic carbocycles. The Balaban J connectivity index is 0.000000336. The van der Waals surface area contributed by atoms with E-state index < -0.39 is 17.6 Å². The van der Waals surface area contributed by atoms with Crippen LogP contribution in [0.3, 0.4) is 0 Å². The van der Waals surface area contributed by atoms with Crippen LogP contribution >= 0.6 is 0 Å². The van der Waals surface area contributed by atoms with Crippen molar-refractivity contribution in [2.75, 3.05) is 6.54 Å². The highest BCUT2D eigenvalue weighted by atomic mass is 19.2. The number of carboxylic acid groups (broad SMARTS) is 1. The average molecular weight is 217 g/mol. The Kier molecular flexibility index (Phi) is 5.81. The van der Waals surface area contributed by atoms with Gasteiger partial charge in [0.25, 0.3) is 0 Å². The van der Waals surface area contributed by atoms with E-state index in [1.54, 1.807) is 0 Å². The van der Waals surface area contributed by atoms with E-state index in [-0.39, 0.29) is 18.4 Å². The lowest BCUT2D eigenvalue weighted by Gasteiger charge is -1.92. The second-order valence-electron chi connectivity index (χ2n) is 2.36. The van der Waals surface area contributed by atoms with Gasteiger partial charge in [-0.15, -0.1) is 0 Å². The number of aliphatic carboxylic acids is 1. The molecule has 0 bridgehead atoms. The molecule has 0 amide bonds. The zero-order chi connectivity index (χ0) is 11.8. The number of benzene rings is 1. The Morgan fingerprint density at radius 3 is 2.33 bits per heavy atom. The third-order valence-electron chi connectivity index (χ3n) is 1.28. The molecule has 0 fully saturated rings. The summed E-state index contributed by atoms with van der Waals surface area (Å²) in [5.74, 6) is -3.05. The van der Waals surface area contributed by atoms with Crippen molar-refractivity contribution in [1.82, 2.24) is 0 Å². The van der Waals surface area contributed by atoms with Crippen LogP contribution in [0.2, 0.25) is 0 Å². The maximum atomic E-state index is 12.4. The number of aldehydes is 1. The van der Waals surface area contributed by atoms with Gasteiger partial charge >= 0.3 is 5.97 Å². The van der Waals surface area contributed by atoms with Crippen LogP contribution in [0.4, 0.5) is 8.78 Å². The third-order valence-corrected chi connectivity index (χ3v) is 1.28. The van der Waals surface area contributed by atoms with E-state index in [1.807, 2.05) is 0 Å². The topological polar surface area (TPSA) is 80.4 Å². The normalized spacial score (nSPS) is 8.73. The van der Waals surface area contributed by atoms with Crippen LogP contribution < -0.4 is 5.73 Å². The molecule has 0 aromatic heterocycles. The molecule has 0 heterocycles. The van der Waals surface area contributed by atoms with E-state index in [4.69, 9.17) is 5.11 Å². The van der Waals surface area contributed by atoms with E-state index in [0.717, 1.165) is 6.07 Å². The molecular weight excluding hydrogens is 208 g/mol. The number of halogens is 2. The largest absolute Gasteiger partial charge is 0.480 e. The molecule has 15 heavy (non-hydrogen) atoms. The van der Waals surface area contributed by atoms with Gasteiger partial charge in [0.15, 0.2) is 17.9 Å². The Morgan fingerprint density at radius 1 is 1.47 bits per heavy atom. The van der Waals surface area contributed by atoms with Crippen LogP contribution in [0, 0.1) is 11.6 Å². The van der Waals surface area contributed by atoms with Gasteiger partial charge in [-0.3, -0.25) is 9.59 Å². The number of hydrogen-bond donors (Lipinski definition) is 2. The Hall–Kier alpha value is -1.82. The number of nitrogens with two attached hydrogens (primary N) is 1. The summed E-state index contributed by atoms with van der Waals surface area (Å²) < 4.78 is 24.6. The monoisotopic (exact) mass is 217 g/mol. The van der Waals surface area contributed by atoms with Gasteiger partial charge in [-0.2, -0.15) is 0 Å². The number of carbonyl (C=O) groups is 2. The third kappa shape index (κ3) is 4.82. The van der Waals surface area contributed by atoms with Crippen LogP contribution in [0.15, 0.2) is 18.2 Å². The van der Waals surface area contributed by atoms with E-state index in [9.17, 15) is 18.4 Å². The summed E-state index contributed by atoms with van der Waals surface area (Å²) in [6.07, 6.45) is 0.276. The van der Waals surface area contributed by atoms with Crippen LogP contribution in [-0.4, -0.2) is 23.9 Å². The van der Waals surface area contributed by atoms with E-state index >= 15 is 0 Å². The maximum Gasteiger partial charge on any atom is 0.317 e. The van der Waals surface area contributed by atoms with Gasteiger partial charge in [-0.25, -0.2) is 8.78 Å². The maximum absolute atomic E-state index is 12.4. The molecule has 6 heteroatoms. The molecule has 0 spiro atoms. The molecule has 3 N–H and O–H groups in total. The lowest BCUT2D eigenvalue weighted by atomic mass is 10.2. The molecule has 82 valence electrons. The number of rotatable bonds is 2. The van der Waals surface area contributed by atoms with Gasteiger partial charge in [-0.1, -0.05) is 6.07 Å². The molecule has 0 saturated heterocycles. The summed E-state index contributed by atoms with van der Waals surface area (Å²) in [5, 5.41) is 7.60. The molecule has 0 aliphatic heterocycles. The molecule has 4 nitrogen and oxygen atoms in total. The molecule has 0 unspecified atom stereocenters. The Morgan fingerprint density at radius 2 is 2.00 bits per heavy atom. The fraction of sp³-hybridized carbons (Fsp3) is 0.111. The van der Waals surface area contributed by atoms with E-state index in [1.165, 1.54) is 12.1 Å². The first kappa shape index (κ1) is 13.2. The summed E-state index contributed by atoms with van der Waals surface area (Å²) in [6, 6.07) is 3.45. The van der Waals surface area contributed by atoms with Crippen LogP contribution in [0.1, 0.15) is 10.4 Å². The SMILES string of the molecule is NCC(=O)O.O=Cc1cccc(F)c1F. The van der Waals surface area contributed by atoms with Gasteiger partial charge in [0, 0.05) is 0 Å². The zero-order valence-electron chi connectivity index (χ0n) is 7.61. The predicted molar refractivity (Wildman–Crippen MR) is 48.4 cm³/mol. The van der Waals surface area contributed by atoms with E-state index in [2.05, 4.69) is 5.73 Å². The first-order valence-corrected chi connectivity index (χ1v) is 3.84. The van der Waals surface area contributed by atoms with Gasteiger partial charge in [0.1, 0.15) is 0 Å². The highest BCUT2D eigenvalue weighted by Crippen LogP contribution is 2.08. The van der Waals surface area contributed by atoms with Gasteiger partial charge in [0.2, 0.25) is 0 Å². The number of carboxylic acids is 1. The van der Waals surface area contributed by atoms with E-state index in [0.29, 0.717) is 0 Å². The van der Waals surface area contributed by atoms with Crippen molar-refractivity contribution in [3.05, 3.63) is 35.4 Å². The fourth-order valence-electron chi connectivity index (χ4n) is 0.611. The van der Waals surface area contributed by atoms with Crippen LogP contribution in [-0.2, 0) is 4.79 Å². The van der Waals surface area contributed by atoms with Crippen LogP contribution in [0.5, 0.6) is 0 Å². The van der Waals surface area contributed by atoms with Crippen molar-refractivity contribution in [1.29, 1.82) is 0 Å². The lowest BCUT2D eigenvalue weighted by molar-refractivity contribution is -0.135. The summed E-state index contributed by atoms with van der Waals surface area (Å²) in [7, 11) is 0. The standard InChI is InChI=1S/C7H4F2O.C2H5NO2/c8-6-3-1-2-5(4-10)7(6)9;3-1-2(4)5/h1-4H;1,3H2,(H,4,5). The predicted octanol–water partition coefficient (Wildman–Crippen LogP) is 0.807. The summed E-state index contributed by atoms with van der Waals surface area (Å²) >= 11 is 0. The first-order chi connectivity index (χ1) is 7.02. The molecule has 0 atom stereocenters. The van der Waals surface area contributed by atoms with Crippen LogP contribution in [0.25, 0.3) is 0 Å². The molecular formula is C9H9F2NO3. The smallest absolute Gasteiger partial charge is 0.317 e. The minimum absolute atomic E-state index is 0.250. The average Bonchev–Trinajstić information content (AvgIpc) is 2.23. The van der Waals surface area contributed by atoms with Crippen molar-refractivity contribution in [3.63, 3.8) is 0 Å². The highest BCUT2D eigenvalue weighted by molar-refractivity contribution is 5.74. The van der Waals surface area contributed by atoms with Gasteiger partial charge in [-0.05, 0) is 12.1 Å². The minimum atomic E-state index is -1.09. The Bertz CT molecular complexity index is 355.